The summed E-state index contributed by atoms with van der Waals surface area (Å²) in [7, 11) is 0. The van der Waals surface area contributed by atoms with E-state index in [1.165, 1.54) is 23.4 Å². The Morgan fingerprint density at radius 1 is 0.745 bits per heavy atom. The van der Waals surface area contributed by atoms with Crippen molar-refractivity contribution in [3.63, 3.8) is 0 Å². The molecule has 47 heavy (non-hydrogen) atoms. The Labute approximate surface area is 278 Å². The maximum absolute atomic E-state index is 13.1. The van der Waals surface area contributed by atoms with Crippen molar-refractivity contribution in [1.82, 2.24) is 15.3 Å². The molecule has 0 amide bonds. The first kappa shape index (κ1) is 37.0. The fourth-order valence-electron chi connectivity index (χ4n) is 6.17. The van der Waals surface area contributed by atoms with Crippen molar-refractivity contribution in [1.29, 1.82) is 0 Å². The molecule has 2 saturated heterocycles. The molecule has 0 aromatic carbocycles. The maximum Gasteiger partial charge on any atom is 0.408 e. The third-order valence-electron chi connectivity index (χ3n) is 8.67. The summed E-state index contributed by atoms with van der Waals surface area (Å²) in [5.41, 5.74) is 2.18. The normalized spacial score (nSPS) is 20.7. The van der Waals surface area contributed by atoms with E-state index in [-0.39, 0.29) is 12.8 Å². The van der Waals surface area contributed by atoms with Crippen molar-refractivity contribution in [2.75, 3.05) is 77.7 Å². The third-order valence-corrected chi connectivity index (χ3v) is 8.88. The van der Waals surface area contributed by atoms with Crippen LogP contribution in [-0.2, 0) is 0 Å². The van der Waals surface area contributed by atoms with Gasteiger partial charge in [0.1, 0.15) is 23.1 Å². The van der Waals surface area contributed by atoms with Crippen LogP contribution in [0.1, 0.15) is 65.2 Å². The maximum atomic E-state index is 13.1. The molecule has 2 fully saturated rings. The number of fused-ring (bicyclic) bond motifs is 2. The van der Waals surface area contributed by atoms with Crippen LogP contribution in [0, 0.1) is 0 Å². The minimum atomic E-state index is -4.20. The molecule has 15 heteroatoms. The van der Waals surface area contributed by atoms with E-state index in [1.54, 1.807) is 6.07 Å². The van der Waals surface area contributed by atoms with Crippen LogP contribution in [0.15, 0.2) is 24.3 Å². The minimum absolute atomic E-state index is 0.151. The van der Waals surface area contributed by atoms with Gasteiger partial charge in [0.25, 0.3) is 0 Å². The zero-order chi connectivity index (χ0) is 34.0. The van der Waals surface area contributed by atoms with Crippen LogP contribution in [0.2, 0.25) is 5.15 Å². The second-order valence-corrected chi connectivity index (χ2v) is 12.5. The third kappa shape index (κ3) is 10.3. The number of halogens is 7. The van der Waals surface area contributed by atoms with E-state index >= 15 is 0 Å². The SMILES string of the molecule is CCCCN1CCNc2nc(Cl)ccc21.CCCCN1CCNc2nc(N3CCC[C@H]3C(F)(F)F)ccc21.FC(F)(F)[C@@H]1CCCN1. The number of anilines is 5. The van der Waals surface area contributed by atoms with Gasteiger partial charge in [0.2, 0.25) is 0 Å². The lowest BCUT2D eigenvalue weighted by atomic mass is 10.2. The number of rotatable bonds is 7. The van der Waals surface area contributed by atoms with Crippen molar-refractivity contribution in [2.24, 2.45) is 0 Å². The Bertz CT molecular complexity index is 1260. The molecule has 0 radical (unpaired) electrons. The summed E-state index contributed by atoms with van der Waals surface area (Å²) in [4.78, 5) is 14.8. The van der Waals surface area contributed by atoms with E-state index < -0.39 is 24.4 Å². The molecular formula is C32H47ClF6N8. The first-order chi connectivity index (χ1) is 22.4. The highest BCUT2D eigenvalue weighted by Crippen LogP contribution is 2.37. The summed E-state index contributed by atoms with van der Waals surface area (Å²) in [6.45, 7) is 11.0. The first-order valence-electron chi connectivity index (χ1n) is 16.7. The van der Waals surface area contributed by atoms with Gasteiger partial charge in [-0.25, -0.2) is 9.97 Å². The zero-order valence-corrected chi connectivity index (χ0v) is 27.9. The molecule has 8 nitrogen and oxygen atoms in total. The van der Waals surface area contributed by atoms with Gasteiger partial charge in [-0.05, 0) is 69.3 Å². The van der Waals surface area contributed by atoms with Crippen LogP contribution in [0.4, 0.5) is 55.2 Å². The number of nitrogens with zero attached hydrogens (tertiary/aromatic N) is 5. The predicted octanol–water partition coefficient (Wildman–Crippen LogP) is 7.71. The van der Waals surface area contributed by atoms with E-state index in [1.807, 2.05) is 18.2 Å². The van der Waals surface area contributed by atoms with E-state index in [0.717, 1.165) is 63.6 Å². The van der Waals surface area contributed by atoms with Crippen molar-refractivity contribution >= 4 is 40.4 Å². The number of hydrogen-bond donors (Lipinski definition) is 3. The number of aromatic nitrogens is 2. The molecule has 4 aliphatic rings. The molecule has 0 spiro atoms. The number of hydrogen-bond acceptors (Lipinski definition) is 8. The van der Waals surface area contributed by atoms with E-state index in [2.05, 4.69) is 49.6 Å². The summed E-state index contributed by atoms with van der Waals surface area (Å²) < 4.78 is 74.5. The first-order valence-corrected chi connectivity index (χ1v) is 17.1. The molecule has 3 N–H and O–H groups in total. The molecule has 264 valence electrons. The van der Waals surface area contributed by atoms with Crippen LogP contribution in [0.25, 0.3) is 0 Å². The number of nitrogens with one attached hydrogen (secondary N) is 3. The molecule has 2 aromatic rings. The Morgan fingerprint density at radius 2 is 1.34 bits per heavy atom. The van der Waals surface area contributed by atoms with Gasteiger partial charge < -0.3 is 30.7 Å². The van der Waals surface area contributed by atoms with Gasteiger partial charge in [-0.15, -0.1) is 0 Å². The summed E-state index contributed by atoms with van der Waals surface area (Å²) in [5, 5.41) is 9.42. The van der Waals surface area contributed by atoms with Gasteiger partial charge in [0, 0.05) is 45.8 Å². The van der Waals surface area contributed by atoms with E-state index in [0.29, 0.717) is 42.7 Å². The fraction of sp³-hybridized carbons (Fsp3) is 0.688. The molecule has 2 atom stereocenters. The van der Waals surface area contributed by atoms with Crippen LogP contribution in [-0.4, -0.2) is 86.8 Å². The number of alkyl halides is 6. The highest BCUT2D eigenvalue weighted by Gasteiger charge is 2.46. The summed E-state index contributed by atoms with van der Waals surface area (Å²) in [6.07, 6.45) is -1.98. The van der Waals surface area contributed by atoms with Gasteiger partial charge in [0.15, 0.2) is 11.6 Å². The van der Waals surface area contributed by atoms with Gasteiger partial charge >= 0.3 is 12.4 Å². The quantitative estimate of drug-likeness (QED) is 0.201. The smallest absolute Gasteiger partial charge is 0.367 e. The fourth-order valence-corrected chi connectivity index (χ4v) is 6.31. The van der Waals surface area contributed by atoms with Gasteiger partial charge in [-0.2, -0.15) is 26.3 Å². The Kier molecular flexibility index (Phi) is 13.4. The van der Waals surface area contributed by atoms with Crippen LogP contribution >= 0.6 is 11.6 Å². The molecule has 0 bridgehead atoms. The van der Waals surface area contributed by atoms with Crippen LogP contribution in [0.3, 0.4) is 0 Å². The Hall–Kier alpha value is -2.87. The molecule has 0 saturated carbocycles. The van der Waals surface area contributed by atoms with Crippen LogP contribution < -0.4 is 30.7 Å². The van der Waals surface area contributed by atoms with E-state index in [4.69, 9.17) is 11.6 Å². The van der Waals surface area contributed by atoms with Crippen molar-refractivity contribution in [3.05, 3.63) is 29.4 Å². The van der Waals surface area contributed by atoms with Crippen molar-refractivity contribution in [3.8, 4) is 0 Å². The number of unbranched alkanes of at least 4 members (excludes halogenated alkanes) is 2. The van der Waals surface area contributed by atoms with Crippen molar-refractivity contribution < 1.29 is 26.3 Å². The lowest BCUT2D eigenvalue weighted by Gasteiger charge is -2.33. The molecule has 6 rings (SSSR count). The highest BCUT2D eigenvalue weighted by molar-refractivity contribution is 6.29. The molecule has 2 aromatic heterocycles. The second-order valence-electron chi connectivity index (χ2n) is 12.2. The monoisotopic (exact) mass is 692 g/mol. The molecule has 0 unspecified atom stereocenters. The molecule has 4 aliphatic heterocycles. The average molecular weight is 693 g/mol. The Balaban J connectivity index is 0.000000178. The molecule has 0 aliphatic carbocycles. The largest absolute Gasteiger partial charge is 0.408 e. The lowest BCUT2D eigenvalue weighted by molar-refractivity contribution is -0.151. The second kappa shape index (κ2) is 17.0. The lowest BCUT2D eigenvalue weighted by Crippen LogP contribution is -2.42. The minimum Gasteiger partial charge on any atom is -0.367 e. The van der Waals surface area contributed by atoms with Crippen LogP contribution in [0.5, 0.6) is 0 Å². The summed E-state index contributed by atoms with van der Waals surface area (Å²) >= 11 is 5.86. The average Bonchev–Trinajstić information content (AvgIpc) is 3.77. The summed E-state index contributed by atoms with van der Waals surface area (Å²) in [6, 6.07) is 4.89. The van der Waals surface area contributed by atoms with E-state index in [9.17, 15) is 26.3 Å². The number of pyridine rings is 2. The van der Waals surface area contributed by atoms with Gasteiger partial charge in [-0.1, -0.05) is 38.3 Å². The molecular weight excluding hydrogens is 646 g/mol. The topological polar surface area (TPSA) is 71.6 Å². The predicted molar refractivity (Wildman–Crippen MR) is 178 cm³/mol. The van der Waals surface area contributed by atoms with Crippen molar-refractivity contribution in [2.45, 2.75) is 89.7 Å². The van der Waals surface area contributed by atoms with Gasteiger partial charge in [0.05, 0.1) is 11.4 Å². The summed E-state index contributed by atoms with van der Waals surface area (Å²) in [5.74, 6) is 2.05. The highest BCUT2D eigenvalue weighted by atomic mass is 35.5. The molecule has 6 heterocycles. The Morgan fingerprint density at radius 3 is 1.85 bits per heavy atom. The van der Waals surface area contributed by atoms with Gasteiger partial charge in [-0.3, -0.25) is 0 Å². The standard InChI is InChI=1S/C16H23F3N4.C11H16ClN3.C5H8F3N/c1-2-3-9-22-11-8-20-15-12(22)6-7-14(21-15)23-10-4-5-13(23)16(17,18)19;1-2-3-7-15-8-6-13-11-9(15)4-5-10(12)14-11;6-5(7,8)4-2-1-3-9-4/h6-7,13H,2-5,8-11H2,1H3,(H,20,21);4-5H,2-3,6-8H2,1H3,(H,13,14);4,9H,1-3H2/t13-;;4-/m0.0/s1. The zero-order valence-electron chi connectivity index (χ0n) is 27.2.